The Kier molecular flexibility index (Phi) is 6.56. The van der Waals surface area contributed by atoms with Crippen molar-refractivity contribution in [2.45, 2.75) is 23.7 Å². The van der Waals surface area contributed by atoms with Crippen LogP contribution in [0.15, 0.2) is 16.3 Å². The second kappa shape index (κ2) is 7.70. The Balaban J connectivity index is 2.63. The average Bonchev–Trinajstić information content (AvgIpc) is 2.88. The van der Waals surface area contributed by atoms with Gasteiger partial charge in [-0.1, -0.05) is 0 Å². The van der Waals surface area contributed by atoms with Gasteiger partial charge in [-0.3, -0.25) is 4.79 Å². The summed E-state index contributed by atoms with van der Waals surface area (Å²) in [5.41, 5.74) is 5.44. The molecule has 114 valence electrons. The molecule has 20 heavy (non-hydrogen) atoms. The summed E-state index contributed by atoms with van der Waals surface area (Å²) in [7, 11) is -2.19. The van der Waals surface area contributed by atoms with Gasteiger partial charge in [0.1, 0.15) is 4.21 Å². The van der Waals surface area contributed by atoms with Crippen LogP contribution in [0.25, 0.3) is 0 Å². The van der Waals surface area contributed by atoms with E-state index in [1.54, 1.807) is 6.07 Å². The normalized spacial score (nSPS) is 13.2. The van der Waals surface area contributed by atoms with Crippen molar-refractivity contribution in [3.63, 3.8) is 0 Å². The summed E-state index contributed by atoms with van der Waals surface area (Å²) in [6, 6.07) is 2.27. The Bertz CT molecular complexity index is 542. The first-order valence-corrected chi connectivity index (χ1v) is 8.28. The maximum absolute atomic E-state index is 12.1. The summed E-state index contributed by atoms with van der Waals surface area (Å²) in [5.74, 6) is -0.402. The number of thiophene rings is 1. The molecule has 1 aromatic rings. The number of hydrogen-bond acceptors (Lipinski definition) is 6. The largest absolute Gasteiger partial charge is 0.383 e. The molecular formula is C11H19N3O4S2. The van der Waals surface area contributed by atoms with Gasteiger partial charge in [0, 0.05) is 25.1 Å². The van der Waals surface area contributed by atoms with Crippen molar-refractivity contribution in [2.24, 2.45) is 5.73 Å². The van der Waals surface area contributed by atoms with Crippen LogP contribution in [0.5, 0.6) is 0 Å². The second-order valence-corrected chi connectivity index (χ2v) is 7.16. The van der Waals surface area contributed by atoms with Crippen molar-refractivity contribution in [1.82, 2.24) is 10.0 Å². The van der Waals surface area contributed by atoms with Gasteiger partial charge in [0.2, 0.25) is 5.91 Å². The van der Waals surface area contributed by atoms with Crippen LogP contribution in [-0.4, -0.2) is 40.6 Å². The van der Waals surface area contributed by atoms with Crippen molar-refractivity contribution in [3.05, 3.63) is 17.0 Å². The summed E-state index contributed by atoms with van der Waals surface area (Å²) in [4.78, 5) is 12.4. The first-order valence-electron chi connectivity index (χ1n) is 5.98. The van der Waals surface area contributed by atoms with Crippen molar-refractivity contribution in [1.29, 1.82) is 0 Å². The molecule has 0 radical (unpaired) electrons. The molecule has 1 unspecified atom stereocenters. The molecule has 0 aliphatic heterocycles. The third kappa shape index (κ3) is 4.84. The Labute approximate surface area is 122 Å². The first kappa shape index (κ1) is 17.1. The fourth-order valence-corrected chi connectivity index (χ4v) is 3.84. The van der Waals surface area contributed by atoms with Gasteiger partial charge in [0.15, 0.2) is 0 Å². The highest BCUT2D eigenvalue weighted by Crippen LogP contribution is 2.21. The molecule has 0 fully saturated rings. The number of hydrogen-bond donors (Lipinski definition) is 3. The summed E-state index contributed by atoms with van der Waals surface area (Å²) < 4.78 is 31.4. The molecule has 1 rings (SSSR count). The van der Waals surface area contributed by atoms with Crippen LogP contribution in [0, 0.1) is 0 Å². The molecule has 0 aliphatic carbocycles. The Hall–Kier alpha value is -1.00. The highest BCUT2D eigenvalue weighted by molar-refractivity contribution is 7.91. The van der Waals surface area contributed by atoms with Crippen LogP contribution in [-0.2, 0) is 26.1 Å². The minimum Gasteiger partial charge on any atom is -0.383 e. The topological polar surface area (TPSA) is 111 Å². The molecule has 1 heterocycles. The van der Waals surface area contributed by atoms with Crippen molar-refractivity contribution in [2.75, 3.05) is 20.3 Å². The van der Waals surface area contributed by atoms with Crippen LogP contribution < -0.4 is 15.8 Å². The predicted octanol–water partition coefficient (Wildman–Crippen LogP) is -0.364. The van der Waals surface area contributed by atoms with Gasteiger partial charge in [-0.15, -0.1) is 11.3 Å². The van der Waals surface area contributed by atoms with E-state index in [4.69, 9.17) is 10.5 Å². The molecule has 0 spiro atoms. The standard InChI is InChI=1S/C11H19N3O4S2/c1-8(11(15)13-5-6-18-2)14-20(16,17)10-4-3-9(7-12)19-10/h3-4,8,14H,5-7,12H2,1-2H3,(H,13,15). The van der Waals surface area contributed by atoms with Crippen LogP contribution in [0.4, 0.5) is 0 Å². The molecule has 0 aliphatic rings. The lowest BCUT2D eigenvalue weighted by Crippen LogP contribution is -2.45. The Morgan fingerprint density at radius 3 is 2.75 bits per heavy atom. The first-order chi connectivity index (χ1) is 9.40. The molecule has 0 aromatic carbocycles. The zero-order chi connectivity index (χ0) is 15.2. The zero-order valence-electron chi connectivity index (χ0n) is 11.4. The molecule has 4 N–H and O–H groups in total. The minimum absolute atomic E-state index is 0.148. The van der Waals surface area contributed by atoms with E-state index < -0.39 is 22.0 Å². The average molecular weight is 321 g/mol. The SMILES string of the molecule is COCCNC(=O)C(C)NS(=O)(=O)c1ccc(CN)s1. The number of carbonyl (C=O) groups is 1. The lowest BCUT2D eigenvalue weighted by atomic mass is 10.3. The Morgan fingerprint density at radius 2 is 2.20 bits per heavy atom. The molecule has 1 amide bonds. The quantitative estimate of drug-likeness (QED) is 0.566. The van der Waals surface area contributed by atoms with E-state index >= 15 is 0 Å². The van der Waals surface area contributed by atoms with E-state index in [-0.39, 0.29) is 10.8 Å². The van der Waals surface area contributed by atoms with E-state index in [0.29, 0.717) is 13.2 Å². The van der Waals surface area contributed by atoms with Gasteiger partial charge in [-0.05, 0) is 19.1 Å². The van der Waals surface area contributed by atoms with Gasteiger partial charge < -0.3 is 15.8 Å². The number of carbonyl (C=O) groups excluding carboxylic acids is 1. The number of nitrogens with one attached hydrogen (secondary N) is 2. The lowest BCUT2D eigenvalue weighted by Gasteiger charge is -2.13. The monoisotopic (exact) mass is 321 g/mol. The van der Waals surface area contributed by atoms with Crippen LogP contribution in [0.2, 0.25) is 0 Å². The highest BCUT2D eigenvalue weighted by atomic mass is 32.2. The maximum Gasteiger partial charge on any atom is 0.250 e. The van der Waals surface area contributed by atoms with E-state index in [9.17, 15) is 13.2 Å². The number of ether oxygens (including phenoxy) is 1. The van der Waals surface area contributed by atoms with Gasteiger partial charge in [-0.2, -0.15) is 4.72 Å². The van der Waals surface area contributed by atoms with Crippen LogP contribution >= 0.6 is 11.3 Å². The summed E-state index contributed by atoms with van der Waals surface area (Å²) in [6.45, 7) is 2.47. The van der Waals surface area contributed by atoms with Gasteiger partial charge in [0.05, 0.1) is 12.6 Å². The minimum atomic E-state index is -3.70. The molecule has 1 atom stereocenters. The van der Waals surface area contributed by atoms with Gasteiger partial charge in [-0.25, -0.2) is 8.42 Å². The second-order valence-electron chi connectivity index (χ2n) is 4.05. The van der Waals surface area contributed by atoms with Crippen molar-refractivity contribution in [3.8, 4) is 0 Å². The third-order valence-electron chi connectivity index (χ3n) is 2.43. The molecular weight excluding hydrogens is 302 g/mol. The third-order valence-corrected chi connectivity index (χ3v) is 5.57. The fraction of sp³-hybridized carbons (Fsp3) is 0.545. The van der Waals surface area contributed by atoms with E-state index in [1.807, 2.05) is 0 Å². The lowest BCUT2D eigenvalue weighted by molar-refractivity contribution is -0.122. The van der Waals surface area contributed by atoms with Crippen LogP contribution in [0.3, 0.4) is 0 Å². The van der Waals surface area contributed by atoms with Gasteiger partial charge >= 0.3 is 0 Å². The smallest absolute Gasteiger partial charge is 0.250 e. The molecule has 1 aromatic heterocycles. The number of nitrogens with two attached hydrogens (primary N) is 1. The predicted molar refractivity (Wildman–Crippen MR) is 76.9 cm³/mol. The summed E-state index contributed by atoms with van der Waals surface area (Å²) >= 11 is 1.09. The van der Waals surface area contributed by atoms with Crippen molar-refractivity contribution < 1.29 is 17.9 Å². The summed E-state index contributed by atoms with van der Waals surface area (Å²) in [6.07, 6.45) is 0. The van der Waals surface area contributed by atoms with E-state index in [1.165, 1.54) is 20.1 Å². The Morgan fingerprint density at radius 1 is 1.50 bits per heavy atom. The number of amides is 1. The molecule has 9 heteroatoms. The number of rotatable bonds is 8. The van der Waals surface area contributed by atoms with Crippen LogP contribution in [0.1, 0.15) is 11.8 Å². The van der Waals surface area contributed by atoms with E-state index in [0.717, 1.165) is 16.2 Å². The maximum atomic E-state index is 12.1. The highest BCUT2D eigenvalue weighted by Gasteiger charge is 2.23. The number of methoxy groups -OCH3 is 1. The molecule has 0 saturated heterocycles. The van der Waals surface area contributed by atoms with E-state index in [2.05, 4.69) is 10.0 Å². The molecule has 7 nitrogen and oxygen atoms in total. The zero-order valence-corrected chi connectivity index (χ0v) is 13.0. The molecule has 0 bridgehead atoms. The summed E-state index contributed by atoms with van der Waals surface area (Å²) in [5, 5.41) is 2.57. The van der Waals surface area contributed by atoms with Gasteiger partial charge in [0.25, 0.3) is 10.0 Å². The fourth-order valence-electron chi connectivity index (χ4n) is 1.39. The number of sulfonamides is 1. The molecule has 0 saturated carbocycles. The van der Waals surface area contributed by atoms with Crippen molar-refractivity contribution >= 4 is 27.3 Å².